The Labute approximate surface area is 102 Å². The zero-order valence-corrected chi connectivity index (χ0v) is 9.96. The topological polar surface area (TPSA) is 84.3 Å². The van der Waals surface area contributed by atoms with E-state index in [1.54, 1.807) is 0 Å². The minimum absolute atomic E-state index is 0.00215. The summed E-state index contributed by atoms with van der Waals surface area (Å²) < 4.78 is 0. The van der Waals surface area contributed by atoms with Crippen molar-refractivity contribution >= 4 is 22.2 Å². The molecule has 1 aliphatic heterocycles. The van der Waals surface area contributed by atoms with Crippen LogP contribution in [0.25, 0.3) is 0 Å². The molecule has 1 saturated heterocycles. The van der Waals surface area contributed by atoms with Gasteiger partial charge in [0.1, 0.15) is 0 Å². The molecule has 0 spiro atoms. The van der Waals surface area contributed by atoms with Gasteiger partial charge in [0.2, 0.25) is 0 Å². The van der Waals surface area contributed by atoms with E-state index in [9.17, 15) is 14.9 Å². The molecule has 2 N–H and O–H groups in total. The van der Waals surface area contributed by atoms with Gasteiger partial charge in [0.15, 0.2) is 0 Å². The first kappa shape index (κ1) is 12.0. The summed E-state index contributed by atoms with van der Waals surface area (Å²) in [7, 11) is 0. The molecule has 2 heterocycles. The number of amides is 1. The lowest BCUT2D eigenvalue weighted by Crippen LogP contribution is -2.29. The van der Waals surface area contributed by atoms with E-state index in [4.69, 9.17) is 0 Å². The number of nitro groups is 1. The van der Waals surface area contributed by atoms with Gasteiger partial charge in [-0.25, -0.2) is 0 Å². The molecule has 1 fully saturated rings. The van der Waals surface area contributed by atoms with Crippen LogP contribution in [0.1, 0.15) is 16.1 Å². The average molecular weight is 255 g/mol. The largest absolute Gasteiger partial charge is 0.351 e. The van der Waals surface area contributed by atoms with Gasteiger partial charge in [-0.15, -0.1) is 0 Å². The normalized spacial score (nSPS) is 19.2. The molecule has 0 saturated carbocycles. The summed E-state index contributed by atoms with van der Waals surface area (Å²) in [5.41, 5.74) is 0. The molecule has 1 unspecified atom stereocenters. The standard InChI is InChI=1S/C10H13N3O3S/c14-10(12-6-7-3-4-11-5-7)8-1-2-9(17-8)13(15)16/h1-2,7,11H,3-6H2,(H,12,14). The maximum Gasteiger partial charge on any atom is 0.324 e. The second-order valence-corrected chi connectivity index (χ2v) is 5.03. The van der Waals surface area contributed by atoms with Crippen molar-refractivity contribution in [2.75, 3.05) is 19.6 Å². The number of nitrogens with zero attached hydrogens (tertiary/aromatic N) is 1. The fourth-order valence-corrected chi connectivity index (χ4v) is 2.50. The van der Waals surface area contributed by atoms with Gasteiger partial charge in [-0.2, -0.15) is 0 Å². The van der Waals surface area contributed by atoms with E-state index >= 15 is 0 Å². The molecule has 0 aliphatic carbocycles. The average Bonchev–Trinajstić information content (AvgIpc) is 2.96. The highest BCUT2D eigenvalue weighted by Gasteiger charge is 2.18. The lowest BCUT2D eigenvalue weighted by atomic mass is 10.1. The van der Waals surface area contributed by atoms with Gasteiger partial charge in [0.25, 0.3) is 5.91 Å². The molecule has 17 heavy (non-hydrogen) atoms. The minimum Gasteiger partial charge on any atom is -0.351 e. The van der Waals surface area contributed by atoms with Crippen LogP contribution in [-0.2, 0) is 0 Å². The predicted octanol–water partition coefficient (Wildman–Crippen LogP) is 0.996. The molecule has 6 nitrogen and oxygen atoms in total. The van der Waals surface area contributed by atoms with Crippen LogP contribution in [0.3, 0.4) is 0 Å². The lowest BCUT2D eigenvalue weighted by molar-refractivity contribution is -0.380. The molecule has 7 heteroatoms. The maximum absolute atomic E-state index is 11.7. The Kier molecular flexibility index (Phi) is 3.70. The van der Waals surface area contributed by atoms with Gasteiger partial charge < -0.3 is 10.6 Å². The maximum atomic E-state index is 11.7. The van der Waals surface area contributed by atoms with E-state index in [-0.39, 0.29) is 10.9 Å². The molecule has 0 bridgehead atoms. The van der Waals surface area contributed by atoms with Crippen molar-refractivity contribution in [2.24, 2.45) is 5.92 Å². The Morgan fingerprint density at radius 2 is 2.47 bits per heavy atom. The number of hydrogen-bond acceptors (Lipinski definition) is 5. The van der Waals surface area contributed by atoms with Crippen molar-refractivity contribution in [1.29, 1.82) is 0 Å². The fourth-order valence-electron chi connectivity index (χ4n) is 1.76. The third-order valence-electron chi connectivity index (χ3n) is 2.71. The Bertz CT molecular complexity index is 426. The van der Waals surface area contributed by atoms with Crippen molar-refractivity contribution in [1.82, 2.24) is 10.6 Å². The molecule has 1 aliphatic rings. The molecule has 1 atom stereocenters. The molecule has 0 aromatic carbocycles. The smallest absolute Gasteiger partial charge is 0.324 e. The third-order valence-corrected chi connectivity index (χ3v) is 3.74. The Morgan fingerprint density at radius 3 is 3.06 bits per heavy atom. The summed E-state index contributed by atoms with van der Waals surface area (Å²) in [6, 6.07) is 2.85. The van der Waals surface area contributed by atoms with Crippen LogP contribution in [0.4, 0.5) is 5.00 Å². The van der Waals surface area contributed by atoms with Gasteiger partial charge in [0, 0.05) is 12.6 Å². The third kappa shape index (κ3) is 3.01. The van der Waals surface area contributed by atoms with E-state index in [0.717, 1.165) is 30.8 Å². The highest BCUT2D eigenvalue weighted by molar-refractivity contribution is 7.17. The monoisotopic (exact) mass is 255 g/mol. The van der Waals surface area contributed by atoms with Crippen LogP contribution in [0.5, 0.6) is 0 Å². The number of nitrogens with one attached hydrogen (secondary N) is 2. The summed E-state index contributed by atoms with van der Waals surface area (Å²) in [5.74, 6) is 0.240. The van der Waals surface area contributed by atoms with Crippen molar-refractivity contribution in [3.05, 3.63) is 27.1 Å². The van der Waals surface area contributed by atoms with Crippen molar-refractivity contribution < 1.29 is 9.72 Å². The first-order valence-electron chi connectivity index (χ1n) is 5.40. The fraction of sp³-hybridized carbons (Fsp3) is 0.500. The lowest BCUT2D eigenvalue weighted by Gasteiger charge is -2.08. The number of carbonyl (C=O) groups excluding carboxylic acids is 1. The van der Waals surface area contributed by atoms with Crippen molar-refractivity contribution in [3.63, 3.8) is 0 Å². The number of thiophene rings is 1. The van der Waals surface area contributed by atoms with Gasteiger partial charge in [-0.1, -0.05) is 11.3 Å². The minimum atomic E-state index is -0.484. The quantitative estimate of drug-likeness (QED) is 0.621. The van der Waals surface area contributed by atoms with E-state index in [2.05, 4.69) is 10.6 Å². The Balaban J connectivity index is 1.87. The predicted molar refractivity (Wildman–Crippen MR) is 64.3 cm³/mol. The van der Waals surface area contributed by atoms with E-state index in [0.29, 0.717) is 17.3 Å². The van der Waals surface area contributed by atoms with Gasteiger partial charge in [-0.3, -0.25) is 14.9 Å². The molecule has 1 aromatic rings. The van der Waals surface area contributed by atoms with Gasteiger partial charge >= 0.3 is 5.00 Å². The number of hydrogen-bond donors (Lipinski definition) is 2. The van der Waals surface area contributed by atoms with Gasteiger partial charge in [-0.05, 0) is 31.5 Å². The van der Waals surface area contributed by atoms with E-state index < -0.39 is 4.92 Å². The number of carbonyl (C=O) groups is 1. The Morgan fingerprint density at radius 1 is 1.65 bits per heavy atom. The van der Waals surface area contributed by atoms with E-state index in [1.807, 2.05) is 0 Å². The SMILES string of the molecule is O=C(NCC1CCNC1)c1ccc([N+](=O)[O-])s1. The summed E-state index contributed by atoms with van der Waals surface area (Å²) in [5, 5.41) is 16.5. The zero-order chi connectivity index (χ0) is 12.3. The van der Waals surface area contributed by atoms with Crippen molar-refractivity contribution in [3.8, 4) is 0 Å². The highest BCUT2D eigenvalue weighted by Crippen LogP contribution is 2.23. The van der Waals surface area contributed by atoms with Crippen LogP contribution >= 0.6 is 11.3 Å². The second kappa shape index (κ2) is 5.24. The van der Waals surface area contributed by atoms with Crippen LogP contribution in [-0.4, -0.2) is 30.5 Å². The molecule has 92 valence electrons. The first-order valence-corrected chi connectivity index (χ1v) is 6.21. The number of rotatable bonds is 4. The van der Waals surface area contributed by atoms with E-state index in [1.165, 1.54) is 12.1 Å². The summed E-state index contributed by atoms with van der Waals surface area (Å²) in [6.07, 6.45) is 1.06. The highest BCUT2D eigenvalue weighted by atomic mass is 32.1. The molecule has 1 amide bonds. The second-order valence-electron chi connectivity index (χ2n) is 3.96. The van der Waals surface area contributed by atoms with Crippen LogP contribution in [0, 0.1) is 16.0 Å². The Hall–Kier alpha value is -1.47. The molecule has 0 radical (unpaired) electrons. The van der Waals surface area contributed by atoms with Crippen LogP contribution in [0.2, 0.25) is 0 Å². The molecular formula is C10H13N3O3S. The van der Waals surface area contributed by atoms with Crippen molar-refractivity contribution in [2.45, 2.75) is 6.42 Å². The zero-order valence-electron chi connectivity index (χ0n) is 9.14. The summed E-state index contributed by atoms with van der Waals surface area (Å²) in [4.78, 5) is 22.1. The molecule has 1 aromatic heterocycles. The molecule has 2 rings (SSSR count). The summed E-state index contributed by atoms with van der Waals surface area (Å²) in [6.45, 7) is 2.54. The van der Waals surface area contributed by atoms with Crippen LogP contribution < -0.4 is 10.6 Å². The van der Waals surface area contributed by atoms with Crippen LogP contribution in [0.15, 0.2) is 12.1 Å². The summed E-state index contributed by atoms with van der Waals surface area (Å²) >= 11 is 0.905. The first-order chi connectivity index (χ1) is 8.16. The molecular weight excluding hydrogens is 242 g/mol. The van der Waals surface area contributed by atoms with Gasteiger partial charge in [0.05, 0.1) is 9.80 Å².